The molecule has 0 aromatic heterocycles. The van der Waals surface area contributed by atoms with Crippen molar-refractivity contribution in [1.82, 2.24) is 0 Å². The van der Waals surface area contributed by atoms with Crippen molar-refractivity contribution in [3.8, 4) is 0 Å². The largest absolute Gasteiger partial charge is 0.381 e. The van der Waals surface area contributed by atoms with Crippen LogP contribution in [-0.4, -0.2) is 13.2 Å². The zero-order valence-electron chi connectivity index (χ0n) is 13.7. The van der Waals surface area contributed by atoms with Gasteiger partial charge < -0.3 is 4.74 Å². The highest BCUT2D eigenvalue weighted by Crippen LogP contribution is 2.38. The van der Waals surface area contributed by atoms with Crippen LogP contribution < -0.4 is 0 Å². The first-order valence-corrected chi connectivity index (χ1v) is 8.98. The molecule has 2 fully saturated rings. The lowest BCUT2D eigenvalue weighted by Crippen LogP contribution is -2.24. The first-order valence-electron chi connectivity index (χ1n) is 8.98. The molecule has 0 N–H and O–H groups in total. The first kappa shape index (κ1) is 18.7. The van der Waals surface area contributed by atoms with Crippen LogP contribution in [0.3, 0.4) is 0 Å². The van der Waals surface area contributed by atoms with E-state index in [1.807, 2.05) is 0 Å². The Labute approximate surface area is 133 Å². The van der Waals surface area contributed by atoms with Gasteiger partial charge in [-0.2, -0.15) is 0 Å². The molecule has 0 amide bonds. The van der Waals surface area contributed by atoms with E-state index in [9.17, 15) is 0 Å². The van der Waals surface area contributed by atoms with E-state index in [0.717, 1.165) is 36.9 Å². The summed E-state index contributed by atoms with van der Waals surface area (Å²) >= 11 is 0. The van der Waals surface area contributed by atoms with Gasteiger partial charge in [-0.3, -0.25) is 0 Å². The highest BCUT2D eigenvalue weighted by molar-refractivity contribution is 5.07. The van der Waals surface area contributed by atoms with Crippen molar-refractivity contribution in [2.45, 2.75) is 79.1 Å². The van der Waals surface area contributed by atoms with Crippen molar-refractivity contribution >= 4 is 0 Å². The third-order valence-corrected chi connectivity index (χ3v) is 5.87. The van der Waals surface area contributed by atoms with Gasteiger partial charge in [-0.25, -0.2) is 0 Å². The van der Waals surface area contributed by atoms with E-state index in [0.29, 0.717) is 0 Å². The van der Waals surface area contributed by atoms with Gasteiger partial charge in [-0.15, -0.1) is 0 Å². The van der Waals surface area contributed by atoms with Crippen LogP contribution in [0.1, 0.15) is 79.1 Å². The van der Waals surface area contributed by atoms with Crippen molar-refractivity contribution in [3.63, 3.8) is 0 Å². The fraction of sp³-hybridized carbons (Fsp3) is 0.900. The van der Waals surface area contributed by atoms with Gasteiger partial charge in [0.25, 0.3) is 0 Å². The molecule has 2 aliphatic rings. The highest BCUT2D eigenvalue weighted by atomic mass is 16.5. The third kappa shape index (κ3) is 5.43. The van der Waals surface area contributed by atoms with Crippen LogP contribution in [0, 0.1) is 23.7 Å². The average Bonchev–Trinajstić information content (AvgIpc) is 2.53. The summed E-state index contributed by atoms with van der Waals surface area (Å²) in [6, 6.07) is 0. The maximum atomic E-state index is 5.50. The predicted octanol–water partition coefficient (Wildman–Crippen LogP) is 6.24. The van der Waals surface area contributed by atoms with Crippen LogP contribution in [0.15, 0.2) is 12.2 Å². The van der Waals surface area contributed by atoms with E-state index in [1.165, 1.54) is 57.8 Å². The van der Waals surface area contributed by atoms with E-state index in [1.54, 1.807) is 5.57 Å². The lowest BCUT2D eigenvalue weighted by atomic mass is 9.73. The molecule has 1 aliphatic heterocycles. The summed E-state index contributed by atoms with van der Waals surface area (Å²) in [5.74, 6) is 3.35. The molecule has 1 saturated carbocycles. The second-order valence-corrected chi connectivity index (χ2v) is 7.18. The molecule has 2 atom stereocenters. The minimum atomic E-state index is 0. The molecule has 0 radical (unpaired) electrons. The Kier molecular flexibility index (Phi) is 8.63. The molecule has 1 nitrogen and oxygen atoms in total. The summed E-state index contributed by atoms with van der Waals surface area (Å²) in [6.45, 7) is 11.2. The lowest BCUT2D eigenvalue weighted by Gasteiger charge is -2.34. The Bertz CT molecular complexity index is 284. The highest BCUT2D eigenvalue weighted by Gasteiger charge is 2.27. The minimum Gasteiger partial charge on any atom is -0.381 e. The SMILES string of the molecule is C.C=C(C1CCOCC1)C(CC)CC(C)C1CCCCC1. The van der Waals surface area contributed by atoms with Crippen molar-refractivity contribution < 1.29 is 4.74 Å². The molecule has 2 rings (SSSR count). The Balaban J connectivity index is 0.00000220. The minimum absolute atomic E-state index is 0. The van der Waals surface area contributed by atoms with Crippen LogP contribution in [0.25, 0.3) is 0 Å². The molecule has 1 heteroatoms. The summed E-state index contributed by atoms with van der Waals surface area (Å²) in [4.78, 5) is 0. The number of hydrogen-bond donors (Lipinski definition) is 0. The summed E-state index contributed by atoms with van der Waals surface area (Å²) in [6.07, 6.45) is 12.4. The second kappa shape index (κ2) is 9.66. The molecule has 124 valence electrons. The van der Waals surface area contributed by atoms with Gasteiger partial charge in [0.05, 0.1) is 0 Å². The molecular weight excluding hydrogens is 256 g/mol. The quantitative estimate of drug-likeness (QED) is 0.527. The molecule has 1 aliphatic carbocycles. The number of rotatable bonds is 6. The summed E-state index contributed by atoms with van der Waals surface area (Å²) in [7, 11) is 0. The molecule has 1 heterocycles. The maximum absolute atomic E-state index is 5.50. The average molecular weight is 295 g/mol. The predicted molar refractivity (Wildman–Crippen MR) is 93.6 cm³/mol. The van der Waals surface area contributed by atoms with Crippen molar-refractivity contribution in [2.75, 3.05) is 13.2 Å². The van der Waals surface area contributed by atoms with Crippen molar-refractivity contribution in [3.05, 3.63) is 12.2 Å². The molecule has 0 aromatic carbocycles. The van der Waals surface area contributed by atoms with E-state index >= 15 is 0 Å². The van der Waals surface area contributed by atoms with Gasteiger partial charge in [-0.1, -0.05) is 65.5 Å². The summed E-state index contributed by atoms with van der Waals surface area (Å²) < 4.78 is 5.50. The van der Waals surface area contributed by atoms with Gasteiger partial charge in [0.15, 0.2) is 0 Å². The molecule has 2 unspecified atom stereocenters. The second-order valence-electron chi connectivity index (χ2n) is 7.18. The van der Waals surface area contributed by atoms with E-state index in [-0.39, 0.29) is 7.43 Å². The number of allylic oxidation sites excluding steroid dienone is 1. The zero-order chi connectivity index (χ0) is 14.4. The summed E-state index contributed by atoms with van der Waals surface area (Å²) in [5.41, 5.74) is 1.54. The Morgan fingerprint density at radius 1 is 1.10 bits per heavy atom. The number of hydrogen-bond acceptors (Lipinski definition) is 1. The first-order chi connectivity index (χ1) is 9.72. The Morgan fingerprint density at radius 3 is 2.29 bits per heavy atom. The molecule has 0 bridgehead atoms. The molecule has 0 spiro atoms. The smallest absolute Gasteiger partial charge is 0.0471 e. The van der Waals surface area contributed by atoms with Crippen LogP contribution >= 0.6 is 0 Å². The Morgan fingerprint density at radius 2 is 1.71 bits per heavy atom. The van der Waals surface area contributed by atoms with Crippen LogP contribution in [0.5, 0.6) is 0 Å². The van der Waals surface area contributed by atoms with Crippen molar-refractivity contribution in [2.24, 2.45) is 23.7 Å². The number of ether oxygens (including phenoxy) is 1. The zero-order valence-corrected chi connectivity index (χ0v) is 13.7. The van der Waals surface area contributed by atoms with Crippen LogP contribution in [-0.2, 0) is 4.74 Å². The lowest BCUT2D eigenvalue weighted by molar-refractivity contribution is 0.0721. The fourth-order valence-corrected chi connectivity index (χ4v) is 4.33. The maximum Gasteiger partial charge on any atom is 0.0471 e. The van der Waals surface area contributed by atoms with E-state index in [2.05, 4.69) is 20.4 Å². The molecule has 21 heavy (non-hydrogen) atoms. The molecule has 1 saturated heterocycles. The van der Waals surface area contributed by atoms with E-state index < -0.39 is 0 Å². The van der Waals surface area contributed by atoms with Crippen LogP contribution in [0.2, 0.25) is 0 Å². The Hall–Kier alpha value is -0.300. The van der Waals surface area contributed by atoms with E-state index in [4.69, 9.17) is 4.74 Å². The fourth-order valence-electron chi connectivity index (χ4n) is 4.33. The van der Waals surface area contributed by atoms with Crippen molar-refractivity contribution in [1.29, 1.82) is 0 Å². The van der Waals surface area contributed by atoms with Gasteiger partial charge in [0, 0.05) is 13.2 Å². The van der Waals surface area contributed by atoms with Gasteiger partial charge in [0.1, 0.15) is 0 Å². The monoisotopic (exact) mass is 294 g/mol. The molecule has 0 aromatic rings. The van der Waals surface area contributed by atoms with Crippen LogP contribution in [0.4, 0.5) is 0 Å². The van der Waals surface area contributed by atoms with Gasteiger partial charge in [0.2, 0.25) is 0 Å². The summed E-state index contributed by atoms with van der Waals surface area (Å²) in [5, 5.41) is 0. The van der Waals surface area contributed by atoms with Gasteiger partial charge >= 0.3 is 0 Å². The standard InChI is InChI=1S/C19H34O.CH4/c1-4-17(16(3)19-10-12-20-13-11-19)14-15(2)18-8-6-5-7-9-18;/h15,17-19H,3-14H2,1-2H3;1H4. The normalized spacial score (nSPS) is 24.1. The third-order valence-electron chi connectivity index (χ3n) is 5.87. The molecular formula is C20H38O. The van der Waals surface area contributed by atoms with Gasteiger partial charge in [-0.05, 0) is 49.4 Å². The topological polar surface area (TPSA) is 9.23 Å².